The van der Waals surface area contributed by atoms with Crippen molar-refractivity contribution in [2.24, 2.45) is 0 Å². The van der Waals surface area contributed by atoms with Gasteiger partial charge >= 0.3 is 0 Å². The van der Waals surface area contributed by atoms with E-state index in [0.29, 0.717) is 0 Å². The van der Waals surface area contributed by atoms with Gasteiger partial charge in [-0.1, -0.05) is 29.8 Å². The van der Waals surface area contributed by atoms with Gasteiger partial charge < -0.3 is 4.89 Å². The van der Waals surface area contributed by atoms with Gasteiger partial charge in [0.2, 0.25) is 0 Å². The summed E-state index contributed by atoms with van der Waals surface area (Å²) in [7, 11) is 0.0316. The lowest BCUT2D eigenvalue weighted by molar-refractivity contribution is 0.644. The van der Waals surface area contributed by atoms with E-state index in [1.54, 1.807) is 0 Å². The molecule has 0 aliphatic heterocycles. The molecule has 1 rings (SSSR count). The minimum absolute atomic E-state index is 0.0316. The molecule has 0 spiro atoms. The van der Waals surface area contributed by atoms with Gasteiger partial charge in [0.05, 0.1) is 0 Å². The van der Waals surface area contributed by atoms with E-state index in [4.69, 9.17) is 4.89 Å². The first-order chi connectivity index (χ1) is 4.83. The van der Waals surface area contributed by atoms with Gasteiger partial charge in [0, 0.05) is 15.0 Å². The average molecular weight is 154 g/mol. The van der Waals surface area contributed by atoms with Gasteiger partial charge in [0.1, 0.15) is 0 Å². The van der Waals surface area contributed by atoms with Crippen LogP contribution in [0.5, 0.6) is 0 Å². The number of rotatable bonds is 2. The highest BCUT2D eigenvalue weighted by Gasteiger charge is 1.89. The quantitative estimate of drug-likeness (QED) is 0.646. The summed E-state index contributed by atoms with van der Waals surface area (Å²) in [6.07, 6.45) is 0.793. The van der Waals surface area contributed by atoms with E-state index in [1.807, 2.05) is 12.1 Å². The summed E-state index contributed by atoms with van der Waals surface area (Å²) in [4.78, 5) is 8.64. The van der Waals surface area contributed by atoms with E-state index >= 15 is 0 Å². The molecule has 0 bridgehead atoms. The second-order valence-corrected chi connectivity index (χ2v) is 2.99. The Labute approximate surface area is 63.0 Å². The standard InChI is InChI=1S/C8H11OP/c1-7-3-2-4-8(5-7)6-10-9/h2-5,9-10H,6H2,1H3. The van der Waals surface area contributed by atoms with Crippen molar-refractivity contribution >= 4 is 8.81 Å². The minimum atomic E-state index is 0.0316. The SMILES string of the molecule is Cc1cccc(CPO)c1. The Kier molecular flexibility index (Phi) is 2.85. The molecule has 54 valence electrons. The lowest BCUT2D eigenvalue weighted by Gasteiger charge is -1.97. The molecule has 0 aliphatic rings. The summed E-state index contributed by atoms with van der Waals surface area (Å²) in [5.74, 6) is 0. The third kappa shape index (κ3) is 2.09. The molecule has 0 saturated carbocycles. The van der Waals surface area contributed by atoms with E-state index in [1.165, 1.54) is 11.1 Å². The average Bonchev–Trinajstić information content (AvgIpc) is 1.88. The van der Waals surface area contributed by atoms with Crippen LogP contribution in [-0.4, -0.2) is 4.89 Å². The van der Waals surface area contributed by atoms with Crippen LogP contribution in [0.2, 0.25) is 0 Å². The monoisotopic (exact) mass is 154 g/mol. The van der Waals surface area contributed by atoms with Crippen LogP contribution in [0, 0.1) is 6.92 Å². The van der Waals surface area contributed by atoms with Crippen molar-refractivity contribution in [3.05, 3.63) is 35.4 Å². The van der Waals surface area contributed by atoms with Crippen LogP contribution in [0.4, 0.5) is 0 Å². The molecule has 1 nitrogen and oxygen atoms in total. The number of hydrogen-bond donors (Lipinski definition) is 1. The van der Waals surface area contributed by atoms with Gasteiger partial charge in [-0.3, -0.25) is 0 Å². The zero-order chi connectivity index (χ0) is 7.40. The van der Waals surface area contributed by atoms with Crippen LogP contribution < -0.4 is 0 Å². The van der Waals surface area contributed by atoms with Crippen LogP contribution in [0.3, 0.4) is 0 Å². The van der Waals surface area contributed by atoms with Crippen molar-refractivity contribution in [3.63, 3.8) is 0 Å². The van der Waals surface area contributed by atoms with Crippen LogP contribution in [0.1, 0.15) is 11.1 Å². The molecule has 0 aliphatic carbocycles. The highest BCUT2D eigenvalue weighted by Crippen LogP contribution is 2.14. The largest absolute Gasteiger partial charge is 0.377 e. The summed E-state index contributed by atoms with van der Waals surface area (Å²) >= 11 is 0. The molecule has 1 unspecified atom stereocenters. The first-order valence-corrected chi connectivity index (χ1v) is 4.41. The zero-order valence-electron chi connectivity index (χ0n) is 5.96. The number of hydrogen-bond acceptors (Lipinski definition) is 1. The van der Waals surface area contributed by atoms with E-state index in [-0.39, 0.29) is 8.81 Å². The molecule has 0 radical (unpaired) electrons. The molecule has 0 amide bonds. The van der Waals surface area contributed by atoms with Crippen molar-refractivity contribution in [3.8, 4) is 0 Å². The van der Waals surface area contributed by atoms with E-state index in [0.717, 1.165) is 6.16 Å². The topological polar surface area (TPSA) is 20.2 Å². The van der Waals surface area contributed by atoms with E-state index < -0.39 is 0 Å². The Morgan fingerprint density at radius 2 is 2.30 bits per heavy atom. The van der Waals surface area contributed by atoms with E-state index in [2.05, 4.69) is 19.1 Å². The van der Waals surface area contributed by atoms with Crippen molar-refractivity contribution < 1.29 is 4.89 Å². The fourth-order valence-electron chi connectivity index (χ4n) is 0.913. The highest BCUT2D eigenvalue weighted by atomic mass is 31.1. The fourth-order valence-corrected chi connectivity index (χ4v) is 1.32. The van der Waals surface area contributed by atoms with Crippen molar-refractivity contribution in [2.75, 3.05) is 0 Å². The molecule has 1 atom stereocenters. The molecule has 0 heterocycles. The summed E-state index contributed by atoms with van der Waals surface area (Å²) in [6.45, 7) is 2.06. The molecule has 1 aromatic carbocycles. The molecule has 0 saturated heterocycles. The van der Waals surface area contributed by atoms with Gasteiger partial charge in [-0.25, -0.2) is 0 Å². The predicted octanol–water partition coefficient (Wildman–Crippen LogP) is 2.08. The fraction of sp³-hybridized carbons (Fsp3) is 0.250. The van der Waals surface area contributed by atoms with Crippen molar-refractivity contribution in [1.29, 1.82) is 0 Å². The summed E-state index contributed by atoms with van der Waals surface area (Å²) in [6, 6.07) is 8.22. The molecule has 0 fully saturated rings. The molecule has 10 heavy (non-hydrogen) atoms. The zero-order valence-corrected chi connectivity index (χ0v) is 6.96. The molecule has 2 heteroatoms. The first-order valence-electron chi connectivity index (χ1n) is 3.25. The summed E-state index contributed by atoms with van der Waals surface area (Å²) in [5, 5.41) is 0. The Balaban J connectivity index is 2.75. The second-order valence-electron chi connectivity index (χ2n) is 2.32. The van der Waals surface area contributed by atoms with Crippen LogP contribution in [-0.2, 0) is 6.16 Å². The van der Waals surface area contributed by atoms with Crippen molar-refractivity contribution in [1.82, 2.24) is 0 Å². The maximum absolute atomic E-state index is 8.64. The third-order valence-corrected chi connectivity index (χ3v) is 1.93. The van der Waals surface area contributed by atoms with E-state index in [9.17, 15) is 0 Å². The Morgan fingerprint density at radius 3 is 2.90 bits per heavy atom. The molecule has 1 aromatic rings. The van der Waals surface area contributed by atoms with Crippen LogP contribution >= 0.6 is 8.81 Å². The second kappa shape index (κ2) is 3.70. The third-order valence-electron chi connectivity index (χ3n) is 1.37. The van der Waals surface area contributed by atoms with Crippen molar-refractivity contribution in [2.45, 2.75) is 13.1 Å². The lowest BCUT2D eigenvalue weighted by atomic mass is 10.2. The van der Waals surface area contributed by atoms with Gasteiger partial charge in [0.25, 0.3) is 0 Å². The Bertz CT molecular complexity index is 210. The first kappa shape index (κ1) is 7.71. The smallest absolute Gasteiger partial charge is 0.0152 e. The normalized spacial score (nSPS) is 11.0. The molecular formula is C8H11OP. The maximum atomic E-state index is 8.64. The Hall–Kier alpha value is -0.390. The predicted molar refractivity (Wildman–Crippen MR) is 45.4 cm³/mol. The summed E-state index contributed by atoms with van der Waals surface area (Å²) < 4.78 is 0. The lowest BCUT2D eigenvalue weighted by Crippen LogP contribution is -1.78. The van der Waals surface area contributed by atoms with Crippen LogP contribution in [0.15, 0.2) is 24.3 Å². The van der Waals surface area contributed by atoms with Gasteiger partial charge in [-0.15, -0.1) is 0 Å². The highest BCUT2D eigenvalue weighted by molar-refractivity contribution is 7.30. The Morgan fingerprint density at radius 1 is 1.50 bits per heavy atom. The maximum Gasteiger partial charge on any atom is 0.0152 e. The molecule has 1 N–H and O–H groups in total. The van der Waals surface area contributed by atoms with Gasteiger partial charge in [0.15, 0.2) is 0 Å². The summed E-state index contributed by atoms with van der Waals surface area (Å²) in [5.41, 5.74) is 2.48. The minimum Gasteiger partial charge on any atom is -0.377 e. The van der Waals surface area contributed by atoms with Gasteiger partial charge in [-0.05, 0) is 12.5 Å². The molecule has 0 aromatic heterocycles. The van der Waals surface area contributed by atoms with Gasteiger partial charge in [-0.2, -0.15) is 0 Å². The van der Waals surface area contributed by atoms with Crippen LogP contribution in [0.25, 0.3) is 0 Å². The number of aryl methyl sites for hydroxylation is 1. The number of benzene rings is 1. The molecular weight excluding hydrogens is 143 g/mol.